The fourth-order valence-electron chi connectivity index (χ4n) is 4.08. The molecule has 0 saturated carbocycles. The molecule has 3 aromatic heterocycles. The van der Waals surface area contributed by atoms with Crippen molar-refractivity contribution in [3.63, 3.8) is 0 Å². The minimum atomic E-state index is -0.170. The SMILES string of the molecule is CCNCCn1cccc1-c1ccc(-c2nc3ccccc3c(=O)n2-c2ccc(Cl)cn2)cc1. The molecule has 0 atom stereocenters. The molecule has 7 heteroatoms. The number of nitrogens with one attached hydrogen (secondary N) is 1. The number of aromatic nitrogens is 4. The van der Waals surface area contributed by atoms with Crippen LogP contribution in [0.15, 0.2) is 90.0 Å². The summed E-state index contributed by atoms with van der Waals surface area (Å²) in [5.74, 6) is 1.01. The van der Waals surface area contributed by atoms with Gasteiger partial charge in [0, 0.05) is 36.7 Å². The van der Waals surface area contributed by atoms with Gasteiger partial charge in [-0.3, -0.25) is 4.79 Å². The van der Waals surface area contributed by atoms with Gasteiger partial charge in [0.15, 0.2) is 0 Å². The van der Waals surface area contributed by atoms with Crippen molar-refractivity contribution >= 4 is 22.5 Å². The first-order valence-corrected chi connectivity index (χ1v) is 11.6. The Kier molecular flexibility index (Phi) is 6.25. The normalized spacial score (nSPS) is 11.2. The summed E-state index contributed by atoms with van der Waals surface area (Å²) in [6.45, 7) is 4.87. The Morgan fingerprint density at radius 2 is 1.74 bits per heavy atom. The summed E-state index contributed by atoms with van der Waals surface area (Å²) >= 11 is 6.04. The molecule has 0 saturated heterocycles. The maximum Gasteiger partial charge on any atom is 0.267 e. The van der Waals surface area contributed by atoms with E-state index in [9.17, 15) is 4.79 Å². The van der Waals surface area contributed by atoms with Crippen molar-refractivity contribution in [2.24, 2.45) is 0 Å². The topological polar surface area (TPSA) is 64.7 Å². The second-order valence-electron chi connectivity index (χ2n) is 7.95. The van der Waals surface area contributed by atoms with E-state index in [2.05, 4.69) is 52.3 Å². The van der Waals surface area contributed by atoms with E-state index in [1.807, 2.05) is 30.3 Å². The van der Waals surface area contributed by atoms with Gasteiger partial charge in [0.1, 0.15) is 11.6 Å². The van der Waals surface area contributed by atoms with Crippen LogP contribution in [0.2, 0.25) is 5.02 Å². The van der Waals surface area contributed by atoms with Gasteiger partial charge in [-0.05, 0) is 48.5 Å². The van der Waals surface area contributed by atoms with Crippen molar-refractivity contribution in [3.05, 3.63) is 101 Å². The highest BCUT2D eigenvalue weighted by molar-refractivity contribution is 6.30. The maximum atomic E-state index is 13.5. The molecule has 0 bridgehead atoms. The number of rotatable bonds is 7. The van der Waals surface area contributed by atoms with Crippen LogP contribution >= 0.6 is 11.6 Å². The van der Waals surface area contributed by atoms with E-state index in [1.54, 1.807) is 22.8 Å². The Labute approximate surface area is 202 Å². The molecule has 5 rings (SSSR count). The van der Waals surface area contributed by atoms with E-state index in [0.29, 0.717) is 27.6 Å². The summed E-state index contributed by atoms with van der Waals surface area (Å²) in [6.07, 6.45) is 3.63. The van der Waals surface area contributed by atoms with E-state index in [-0.39, 0.29) is 5.56 Å². The zero-order valence-electron chi connectivity index (χ0n) is 18.8. The van der Waals surface area contributed by atoms with Gasteiger partial charge in [-0.1, -0.05) is 54.9 Å². The molecule has 0 spiro atoms. The number of benzene rings is 2. The molecule has 1 N–H and O–H groups in total. The number of hydrogen-bond acceptors (Lipinski definition) is 4. The molecule has 34 heavy (non-hydrogen) atoms. The number of para-hydroxylation sites is 1. The lowest BCUT2D eigenvalue weighted by atomic mass is 10.1. The standard InChI is InChI=1S/C27H24ClN5O/c1-2-29-15-17-32-16-5-8-24(32)19-9-11-20(12-10-19)26-31-23-7-4-3-6-22(23)27(34)33(26)25-14-13-21(28)18-30-25/h3-14,16,18,29H,2,15,17H2,1H3. The van der Waals surface area contributed by atoms with E-state index in [1.165, 1.54) is 6.20 Å². The van der Waals surface area contributed by atoms with Crippen molar-refractivity contribution in [1.29, 1.82) is 0 Å². The van der Waals surface area contributed by atoms with E-state index < -0.39 is 0 Å². The second-order valence-corrected chi connectivity index (χ2v) is 8.38. The summed E-state index contributed by atoms with van der Waals surface area (Å²) < 4.78 is 3.78. The van der Waals surface area contributed by atoms with Gasteiger partial charge in [0.05, 0.1) is 15.9 Å². The van der Waals surface area contributed by atoms with Crippen molar-refractivity contribution < 1.29 is 0 Å². The average molecular weight is 470 g/mol. The Bertz CT molecular complexity index is 1490. The van der Waals surface area contributed by atoms with Crippen LogP contribution in [0.4, 0.5) is 0 Å². The minimum Gasteiger partial charge on any atom is -0.346 e. The van der Waals surface area contributed by atoms with E-state index >= 15 is 0 Å². The lowest BCUT2D eigenvalue weighted by Gasteiger charge is -2.14. The van der Waals surface area contributed by atoms with Crippen LogP contribution in [-0.4, -0.2) is 32.2 Å². The summed E-state index contributed by atoms with van der Waals surface area (Å²) in [5, 5.41) is 4.41. The van der Waals surface area contributed by atoms with Gasteiger partial charge in [-0.15, -0.1) is 0 Å². The minimum absolute atomic E-state index is 0.170. The predicted octanol–water partition coefficient (Wildman–Crippen LogP) is 5.18. The van der Waals surface area contributed by atoms with E-state index in [0.717, 1.165) is 36.5 Å². The second kappa shape index (κ2) is 9.63. The fourth-order valence-corrected chi connectivity index (χ4v) is 4.19. The Morgan fingerprint density at radius 3 is 2.50 bits per heavy atom. The molecule has 170 valence electrons. The van der Waals surface area contributed by atoms with Crippen LogP contribution in [0, 0.1) is 0 Å². The van der Waals surface area contributed by atoms with Gasteiger partial charge < -0.3 is 9.88 Å². The van der Waals surface area contributed by atoms with Crippen LogP contribution in [0.5, 0.6) is 0 Å². The summed E-state index contributed by atoms with van der Waals surface area (Å²) in [7, 11) is 0. The first kappa shape index (κ1) is 22.1. The van der Waals surface area contributed by atoms with Crippen molar-refractivity contribution in [3.8, 4) is 28.5 Å². The first-order chi connectivity index (χ1) is 16.7. The number of hydrogen-bond donors (Lipinski definition) is 1. The molecule has 0 unspecified atom stereocenters. The van der Waals surface area contributed by atoms with Gasteiger partial charge >= 0.3 is 0 Å². The summed E-state index contributed by atoms with van der Waals surface area (Å²) in [6, 6.07) is 23.1. The molecule has 0 aliphatic rings. The third kappa shape index (κ3) is 4.25. The quantitative estimate of drug-likeness (QED) is 0.333. The van der Waals surface area contributed by atoms with Gasteiger partial charge in [0.2, 0.25) is 0 Å². The summed E-state index contributed by atoms with van der Waals surface area (Å²) in [4.78, 5) is 22.7. The van der Waals surface area contributed by atoms with Crippen LogP contribution in [0.3, 0.4) is 0 Å². The number of halogens is 1. The molecular weight excluding hydrogens is 446 g/mol. The third-order valence-corrected chi connectivity index (χ3v) is 5.99. The third-order valence-electron chi connectivity index (χ3n) is 5.76. The maximum absolute atomic E-state index is 13.5. The molecule has 3 heterocycles. The van der Waals surface area contributed by atoms with Gasteiger partial charge in [0.25, 0.3) is 5.56 Å². The van der Waals surface area contributed by atoms with Crippen LogP contribution in [-0.2, 0) is 6.54 Å². The van der Waals surface area contributed by atoms with Crippen molar-refractivity contribution in [1.82, 2.24) is 24.4 Å². The first-order valence-electron chi connectivity index (χ1n) is 11.3. The van der Waals surface area contributed by atoms with Gasteiger partial charge in [-0.2, -0.15) is 0 Å². The van der Waals surface area contributed by atoms with Gasteiger partial charge in [-0.25, -0.2) is 14.5 Å². The zero-order chi connectivity index (χ0) is 23.5. The lowest BCUT2D eigenvalue weighted by molar-refractivity contribution is 0.619. The number of likely N-dealkylation sites (N-methyl/N-ethyl adjacent to an activating group) is 1. The highest BCUT2D eigenvalue weighted by atomic mass is 35.5. The highest BCUT2D eigenvalue weighted by Crippen LogP contribution is 2.26. The lowest BCUT2D eigenvalue weighted by Crippen LogP contribution is -2.22. The summed E-state index contributed by atoms with van der Waals surface area (Å²) in [5.41, 5.74) is 3.55. The molecule has 0 amide bonds. The number of nitrogens with zero attached hydrogens (tertiary/aromatic N) is 4. The largest absolute Gasteiger partial charge is 0.346 e. The molecule has 2 aromatic carbocycles. The smallest absolute Gasteiger partial charge is 0.267 e. The van der Waals surface area contributed by atoms with Crippen LogP contribution in [0.25, 0.3) is 39.4 Å². The Balaban J connectivity index is 1.60. The molecule has 6 nitrogen and oxygen atoms in total. The molecule has 5 aromatic rings. The molecular formula is C27H24ClN5O. The Morgan fingerprint density at radius 1 is 0.941 bits per heavy atom. The predicted molar refractivity (Wildman–Crippen MR) is 138 cm³/mol. The average Bonchev–Trinajstić information content (AvgIpc) is 3.34. The van der Waals surface area contributed by atoms with Crippen molar-refractivity contribution in [2.75, 3.05) is 13.1 Å². The molecule has 0 fully saturated rings. The fraction of sp³-hybridized carbons (Fsp3) is 0.148. The molecule has 0 aliphatic heterocycles. The van der Waals surface area contributed by atoms with E-state index in [4.69, 9.17) is 16.6 Å². The van der Waals surface area contributed by atoms with Crippen LogP contribution < -0.4 is 10.9 Å². The number of pyridine rings is 1. The molecule has 0 aliphatic carbocycles. The highest BCUT2D eigenvalue weighted by Gasteiger charge is 2.16. The number of fused-ring (bicyclic) bond motifs is 1. The molecule has 0 radical (unpaired) electrons. The monoisotopic (exact) mass is 469 g/mol. The van der Waals surface area contributed by atoms with Crippen LogP contribution in [0.1, 0.15) is 6.92 Å². The van der Waals surface area contributed by atoms with Crippen molar-refractivity contribution in [2.45, 2.75) is 13.5 Å². The zero-order valence-corrected chi connectivity index (χ0v) is 19.5. The Hall–Kier alpha value is -3.74.